The molecule has 2 amide bonds. The van der Waals surface area contributed by atoms with Gasteiger partial charge in [-0.05, 0) is 12.1 Å². The molecule has 92 valence electrons. The molecule has 6 nitrogen and oxygen atoms in total. The first-order valence-corrected chi connectivity index (χ1v) is 5.00. The summed E-state index contributed by atoms with van der Waals surface area (Å²) in [6.07, 6.45) is -1.59. The van der Waals surface area contributed by atoms with Gasteiger partial charge in [0.05, 0.1) is 6.54 Å². The molecule has 0 radical (unpaired) electrons. The average molecular weight is 238 g/mol. The van der Waals surface area contributed by atoms with E-state index < -0.39 is 18.1 Å². The zero-order valence-corrected chi connectivity index (χ0v) is 9.33. The van der Waals surface area contributed by atoms with Crippen LogP contribution in [0.2, 0.25) is 0 Å². The second-order valence-corrected chi connectivity index (χ2v) is 3.43. The number of nitrogens with one attached hydrogen (secondary N) is 1. The van der Waals surface area contributed by atoms with Crippen LogP contribution in [0.1, 0.15) is 0 Å². The summed E-state index contributed by atoms with van der Waals surface area (Å²) in [4.78, 5) is 23.2. The van der Waals surface area contributed by atoms with Crippen LogP contribution in [-0.4, -0.2) is 41.9 Å². The number of carboxylic acids is 1. The van der Waals surface area contributed by atoms with Crippen molar-refractivity contribution in [3.63, 3.8) is 0 Å². The number of carbonyl (C=O) groups excluding carboxylic acids is 1. The number of benzene rings is 1. The number of para-hydroxylation sites is 1. The molecule has 3 N–H and O–H groups in total. The van der Waals surface area contributed by atoms with Gasteiger partial charge in [0, 0.05) is 12.7 Å². The van der Waals surface area contributed by atoms with Crippen molar-refractivity contribution >= 4 is 17.7 Å². The normalized spacial score (nSPS) is 11.6. The van der Waals surface area contributed by atoms with E-state index in [0.29, 0.717) is 5.69 Å². The predicted octanol–water partition coefficient (Wildman–Crippen LogP) is 0.278. The highest BCUT2D eigenvalue weighted by Gasteiger charge is 2.16. The first-order chi connectivity index (χ1) is 8.02. The van der Waals surface area contributed by atoms with Crippen LogP contribution in [0.15, 0.2) is 30.3 Å². The Labute approximate surface area is 98.5 Å². The second kappa shape index (κ2) is 5.86. The molecular weight excluding hydrogens is 224 g/mol. The minimum absolute atomic E-state index is 0.328. The summed E-state index contributed by atoms with van der Waals surface area (Å²) < 4.78 is 0. The van der Waals surface area contributed by atoms with Crippen molar-refractivity contribution in [3.05, 3.63) is 30.3 Å². The van der Waals surface area contributed by atoms with E-state index in [1.165, 1.54) is 4.90 Å². The largest absolute Gasteiger partial charge is 0.479 e. The number of aliphatic hydroxyl groups excluding tert-OH is 1. The van der Waals surface area contributed by atoms with Gasteiger partial charge in [0.1, 0.15) is 0 Å². The molecule has 0 spiro atoms. The Morgan fingerprint density at radius 3 is 2.47 bits per heavy atom. The maximum absolute atomic E-state index is 11.6. The standard InChI is InChI=1S/C11H14N2O4/c1-13(8-5-3-2-4-6-8)11(17)12-7-9(14)10(15)16/h2-6,9,14H,7H2,1H3,(H,12,17)(H,15,16)/t9-/m0/s1. The van der Waals surface area contributed by atoms with Crippen molar-refractivity contribution in [2.24, 2.45) is 0 Å². The topological polar surface area (TPSA) is 89.9 Å². The van der Waals surface area contributed by atoms with Crippen molar-refractivity contribution in [2.45, 2.75) is 6.10 Å². The number of urea groups is 1. The van der Waals surface area contributed by atoms with E-state index in [1.807, 2.05) is 6.07 Å². The lowest BCUT2D eigenvalue weighted by Crippen LogP contribution is -2.43. The van der Waals surface area contributed by atoms with Gasteiger partial charge in [-0.3, -0.25) is 4.90 Å². The summed E-state index contributed by atoms with van der Waals surface area (Å²) in [5, 5.41) is 19.7. The first kappa shape index (κ1) is 13.0. The van der Waals surface area contributed by atoms with Crippen LogP contribution in [-0.2, 0) is 4.79 Å². The maximum Gasteiger partial charge on any atom is 0.334 e. The van der Waals surface area contributed by atoms with Crippen molar-refractivity contribution < 1.29 is 19.8 Å². The fourth-order valence-corrected chi connectivity index (χ4v) is 1.16. The van der Waals surface area contributed by atoms with Crippen LogP contribution < -0.4 is 10.2 Å². The molecule has 0 aliphatic heterocycles. The molecule has 6 heteroatoms. The Bertz CT molecular complexity index is 394. The van der Waals surface area contributed by atoms with Gasteiger partial charge >= 0.3 is 12.0 Å². The second-order valence-electron chi connectivity index (χ2n) is 3.43. The molecule has 0 bridgehead atoms. The number of rotatable bonds is 4. The molecule has 0 aliphatic carbocycles. The molecule has 0 heterocycles. The smallest absolute Gasteiger partial charge is 0.334 e. The molecule has 0 saturated heterocycles. The van der Waals surface area contributed by atoms with E-state index in [1.54, 1.807) is 31.3 Å². The molecule has 1 atom stereocenters. The van der Waals surface area contributed by atoms with E-state index >= 15 is 0 Å². The third-order valence-corrected chi connectivity index (χ3v) is 2.18. The fourth-order valence-electron chi connectivity index (χ4n) is 1.16. The number of carboxylic acid groups (broad SMARTS) is 1. The van der Waals surface area contributed by atoms with Gasteiger partial charge in [-0.25, -0.2) is 9.59 Å². The van der Waals surface area contributed by atoms with Crippen molar-refractivity contribution in [2.75, 3.05) is 18.5 Å². The number of anilines is 1. The number of aliphatic carboxylic acids is 1. The molecule has 17 heavy (non-hydrogen) atoms. The summed E-state index contributed by atoms with van der Waals surface area (Å²) in [5.41, 5.74) is 0.676. The number of carbonyl (C=O) groups is 2. The van der Waals surface area contributed by atoms with Crippen molar-refractivity contribution in [3.8, 4) is 0 Å². The van der Waals surface area contributed by atoms with Gasteiger partial charge in [0.2, 0.25) is 0 Å². The molecule has 0 unspecified atom stereocenters. The third-order valence-electron chi connectivity index (χ3n) is 2.18. The number of hydrogen-bond acceptors (Lipinski definition) is 3. The van der Waals surface area contributed by atoms with Crippen molar-refractivity contribution in [1.29, 1.82) is 0 Å². The van der Waals surface area contributed by atoms with Crippen LogP contribution in [0.3, 0.4) is 0 Å². The van der Waals surface area contributed by atoms with E-state index in [9.17, 15) is 9.59 Å². The molecule has 0 aliphatic rings. The van der Waals surface area contributed by atoms with Gasteiger partial charge < -0.3 is 15.5 Å². The quantitative estimate of drug-likeness (QED) is 0.702. The lowest BCUT2D eigenvalue weighted by atomic mass is 10.3. The number of hydrogen-bond donors (Lipinski definition) is 3. The van der Waals surface area contributed by atoms with E-state index in [4.69, 9.17) is 10.2 Å². The summed E-state index contributed by atoms with van der Waals surface area (Å²) in [6, 6.07) is 8.40. The minimum atomic E-state index is -1.59. The zero-order valence-electron chi connectivity index (χ0n) is 9.33. The highest BCUT2D eigenvalue weighted by molar-refractivity contribution is 5.91. The summed E-state index contributed by atoms with van der Waals surface area (Å²) >= 11 is 0. The Balaban J connectivity index is 2.51. The molecular formula is C11H14N2O4. The summed E-state index contributed by atoms with van der Waals surface area (Å²) in [6.45, 7) is -0.328. The van der Waals surface area contributed by atoms with Gasteiger partial charge in [-0.15, -0.1) is 0 Å². The molecule has 0 fully saturated rings. The van der Waals surface area contributed by atoms with Crippen LogP contribution in [0.25, 0.3) is 0 Å². The van der Waals surface area contributed by atoms with Gasteiger partial charge in [-0.2, -0.15) is 0 Å². The Morgan fingerprint density at radius 2 is 1.94 bits per heavy atom. The maximum atomic E-state index is 11.6. The van der Waals surface area contributed by atoms with Crippen LogP contribution >= 0.6 is 0 Å². The Kier molecular flexibility index (Phi) is 4.47. The highest BCUT2D eigenvalue weighted by atomic mass is 16.4. The molecule has 1 aromatic carbocycles. The van der Waals surface area contributed by atoms with Gasteiger partial charge in [0.25, 0.3) is 0 Å². The first-order valence-electron chi connectivity index (χ1n) is 5.00. The SMILES string of the molecule is CN(C(=O)NC[C@H](O)C(=O)O)c1ccccc1. The highest BCUT2D eigenvalue weighted by Crippen LogP contribution is 2.10. The monoisotopic (exact) mass is 238 g/mol. The number of amides is 2. The Morgan fingerprint density at radius 1 is 1.35 bits per heavy atom. The molecule has 1 aromatic rings. The predicted molar refractivity (Wildman–Crippen MR) is 61.9 cm³/mol. The van der Waals surface area contributed by atoms with Crippen LogP contribution in [0.4, 0.5) is 10.5 Å². The van der Waals surface area contributed by atoms with Gasteiger partial charge in [-0.1, -0.05) is 18.2 Å². The lowest BCUT2D eigenvalue weighted by molar-refractivity contribution is -0.146. The number of nitrogens with zero attached hydrogens (tertiary/aromatic N) is 1. The third kappa shape index (κ3) is 3.76. The molecule has 0 saturated carbocycles. The number of aliphatic hydroxyl groups is 1. The van der Waals surface area contributed by atoms with Crippen LogP contribution in [0, 0.1) is 0 Å². The molecule has 0 aromatic heterocycles. The average Bonchev–Trinajstić information content (AvgIpc) is 2.35. The molecule has 1 rings (SSSR count). The van der Waals surface area contributed by atoms with E-state index in [0.717, 1.165) is 0 Å². The zero-order chi connectivity index (χ0) is 12.8. The Hall–Kier alpha value is -2.08. The van der Waals surface area contributed by atoms with E-state index in [2.05, 4.69) is 5.32 Å². The minimum Gasteiger partial charge on any atom is -0.479 e. The van der Waals surface area contributed by atoms with Crippen molar-refractivity contribution in [1.82, 2.24) is 5.32 Å². The van der Waals surface area contributed by atoms with Gasteiger partial charge in [0.15, 0.2) is 6.10 Å². The lowest BCUT2D eigenvalue weighted by Gasteiger charge is -2.18. The van der Waals surface area contributed by atoms with E-state index in [-0.39, 0.29) is 6.54 Å². The van der Waals surface area contributed by atoms with Crippen LogP contribution in [0.5, 0.6) is 0 Å². The summed E-state index contributed by atoms with van der Waals surface area (Å²) in [7, 11) is 1.55. The fraction of sp³-hybridized carbons (Fsp3) is 0.273. The summed E-state index contributed by atoms with van der Waals surface area (Å²) in [5.74, 6) is -1.37.